The van der Waals surface area contributed by atoms with E-state index in [1.165, 1.54) is 12.1 Å². The number of benzene rings is 1. The summed E-state index contributed by atoms with van der Waals surface area (Å²) in [4.78, 5) is 4.20. The van der Waals surface area contributed by atoms with Crippen molar-refractivity contribution in [1.29, 1.82) is 0 Å². The van der Waals surface area contributed by atoms with Crippen LogP contribution in [0.1, 0.15) is 18.2 Å². The van der Waals surface area contributed by atoms with Crippen molar-refractivity contribution in [3.63, 3.8) is 0 Å². The summed E-state index contributed by atoms with van der Waals surface area (Å²) < 4.78 is 31.9. The first kappa shape index (κ1) is 13.7. The van der Waals surface area contributed by atoms with Crippen molar-refractivity contribution < 1.29 is 13.5 Å². The Hall–Kier alpha value is -1.68. The first-order chi connectivity index (χ1) is 9.13. The highest BCUT2D eigenvalue weighted by molar-refractivity contribution is 6.17. The van der Waals surface area contributed by atoms with Gasteiger partial charge in [-0.2, -0.15) is 4.39 Å². The van der Waals surface area contributed by atoms with Crippen molar-refractivity contribution in [3.8, 4) is 11.6 Å². The van der Waals surface area contributed by atoms with E-state index in [-0.39, 0.29) is 11.6 Å². The molecule has 2 rings (SSSR count). The van der Waals surface area contributed by atoms with Gasteiger partial charge >= 0.3 is 0 Å². The maximum atomic E-state index is 13.5. The fourth-order valence-electron chi connectivity index (χ4n) is 1.61. The molecule has 0 aliphatic rings. The second-order valence-corrected chi connectivity index (χ2v) is 4.21. The molecule has 100 valence electrons. The second kappa shape index (κ2) is 5.97. The summed E-state index contributed by atoms with van der Waals surface area (Å²) in [5, 5.41) is 0. The predicted molar refractivity (Wildman–Crippen MR) is 69.6 cm³/mol. The number of rotatable bonds is 4. The fraction of sp³-hybridized carbons (Fsp3) is 0.214. The highest BCUT2D eigenvalue weighted by atomic mass is 35.5. The number of nitrogens with zero attached hydrogens (tertiary/aromatic N) is 1. The van der Waals surface area contributed by atoms with Gasteiger partial charge < -0.3 is 4.74 Å². The lowest BCUT2D eigenvalue weighted by Gasteiger charge is -2.09. The van der Waals surface area contributed by atoms with Gasteiger partial charge in [0.15, 0.2) is 11.6 Å². The topological polar surface area (TPSA) is 22.1 Å². The number of hydrogen-bond acceptors (Lipinski definition) is 2. The quantitative estimate of drug-likeness (QED) is 0.773. The van der Waals surface area contributed by atoms with Crippen LogP contribution in [0.3, 0.4) is 0 Å². The van der Waals surface area contributed by atoms with E-state index in [4.69, 9.17) is 16.3 Å². The van der Waals surface area contributed by atoms with E-state index in [0.29, 0.717) is 12.3 Å². The summed E-state index contributed by atoms with van der Waals surface area (Å²) in [6.07, 6.45) is 0.701. The van der Waals surface area contributed by atoms with E-state index < -0.39 is 11.6 Å². The number of aryl methyl sites for hydroxylation is 1. The normalized spacial score (nSPS) is 10.5. The number of pyridine rings is 1. The molecule has 0 bridgehead atoms. The molecule has 1 aromatic carbocycles. The van der Waals surface area contributed by atoms with Gasteiger partial charge in [0.1, 0.15) is 0 Å². The third-order valence-corrected chi connectivity index (χ3v) is 2.87. The molecule has 0 fully saturated rings. The van der Waals surface area contributed by atoms with Gasteiger partial charge in [0.05, 0.1) is 0 Å². The minimum absolute atomic E-state index is 0.193. The average Bonchev–Trinajstić information content (AvgIpc) is 2.43. The van der Waals surface area contributed by atoms with E-state index in [1.807, 2.05) is 13.0 Å². The van der Waals surface area contributed by atoms with Crippen LogP contribution in [0.5, 0.6) is 11.6 Å². The molecule has 0 aliphatic heterocycles. The van der Waals surface area contributed by atoms with Gasteiger partial charge in [-0.25, -0.2) is 9.37 Å². The molecule has 0 spiro atoms. The predicted octanol–water partition coefficient (Wildman–Crippen LogP) is 4.45. The smallest absolute Gasteiger partial charge is 0.219 e. The molecule has 0 radical (unpaired) electrons. The van der Waals surface area contributed by atoms with E-state index in [0.717, 1.165) is 17.3 Å². The molecule has 0 N–H and O–H groups in total. The molecular weight excluding hydrogens is 272 g/mol. The van der Waals surface area contributed by atoms with Crippen molar-refractivity contribution in [3.05, 3.63) is 53.2 Å². The monoisotopic (exact) mass is 283 g/mol. The molecular formula is C14H12ClF2NO. The second-order valence-electron chi connectivity index (χ2n) is 3.95. The highest BCUT2D eigenvalue weighted by Gasteiger charge is 2.11. The molecule has 0 amide bonds. The average molecular weight is 284 g/mol. The van der Waals surface area contributed by atoms with Gasteiger partial charge in [-0.1, -0.05) is 13.0 Å². The van der Waals surface area contributed by atoms with Crippen LogP contribution < -0.4 is 4.74 Å². The summed E-state index contributed by atoms with van der Waals surface area (Å²) in [5.74, 6) is -1.67. The summed E-state index contributed by atoms with van der Waals surface area (Å²) in [6.45, 7) is 1.94. The first-order valence-corrected chi connectivity index (χ1v) is 6.35. The highest BCUT2D eigenvalue weighted by Crippen LogP contribution is 2.26. The van der Waals surface area contributed by atoms with E-state index >= 15 is 0 Å². The van der Waals surface area contributed by atoms with Crippen LogP contribution in [-0.2, 0) is 12.3 Å². The minimum atomic E-state index is -1.03. The largest absolute Gasteiger partial charge is 0.436 e. The molecule has 0 saturated carbocycles. The first-order valence-electron chi connectivity index (χ1n) is 5.81. The molecule has 2 aromatic rings. The Balaban J connectivity index is 2.34. The Kier molecular flexibility index (Phi) is 4.32. The number of aromatic nitrogens is 1. The molecule has 0 atom stereocenters. The molecule has 1 heterocycles. The molecule has 2 nitrogen and oxygen atoms in total. The Morgan fingerprint density at radius 1 is 1.26 bits per heavy atom. The summed E-state index contributed by atoms with van der Waals surface area (Å²) in [7, 11) is 0. The van der Waals surface area contributed by atoms with Crippen LogP contribution in [0.4, 0.5) is 8.78 Å². The van der Waals surface area contributed by atoms with E-state index in [9.17, 15) is 8.78 Å². The summed E-state index contributed by atoms with van der Waals surface area (Å²) >= 11 is 5.77. The summed E-state index contributed by atoms with van der Waals surface area (Å²) in [6, 6.07) is 7.21. The number of ether oxygens (including phenoxy) is 1. The maximum absolute atomic E-state index is 13.5. The van der Waals surface area contributed by atoms with Gasteiger partial charge in [0, 0.05) is 17.6 Å². The molecule has 0 unspecified atom stereocenters. The Morgan fingerprint density at radius 3 is 2.74 bits per heavy atom. The van der Waals surface area contributed by atoms with Gasteiger partial charge in [-0.15, -0.1) is 11.6 Å². The molecule has 0 saturated heterocycles. The van der Waals surface area contributed by atoms with Crippen molar-refractivity contribution >= 4 is 11.6 Å². The molecule has 19 heavy (non-hydrogen) atoms. The number of halogens is 3. The van der Waals surface area contributed by atoms with Crippen LogP contribution in [0.2, 0.25) is 0 Å². The van der Waals surface area contributed by atoms with Crippen molar-refractivity contribution in [2.45, 2.75) is 19.2 Å². The molecule has 0 aliphatic carbocycles. The van der Waals surface area contributed by atoms with Crippen LogP contribution >= 0.6 is 11.6 Å². The fourth-order valence-corrected chi connectivity index (χ4v) is 1.76. The van der Waals surface area contributed by atoms with Gasteiger partial charge in [0.2, 0.25) is 11.7 Å². The van der Waals surface area contributed by atoms with Crippen LogP contribution in [0.15, 0.2) is 30.3 Å². The Morgan fingerprint density at radius 2 is 2.05 bits per heavy atom. The van der Waals surface area contributed by atoms with E-state index in [2.05, 4.69) is 4.98 Å². The zero-order valence-corrected chi connectivity index (χ0v) is 11.0. The third-order valence-electron chi connectivity index (χ3n) is 2.56. The SMILES string of the molecule is CCc1cc(CCl)cc(Oc2cccc(F)c2F)n1. The van der Waals surface area contributed by atoms with Crippen LogP contribution in [0, 0.1) is 11.6 Å². The van der Waals surface area contributed by atoms with Crippen molar-refractivity contribution in [2.24, 2.45) is 0 Å². The Labute approximate surface area is 115 Å². The van der Waals surface area contributed by atoms with Crippen LogP contribution in [0.25, 0.3) is 0 Å². The van der Waals surface area contributed by atoms with Gasteiger partial charge in [-0.3, -0.25) is 0 Å². The third kappa shape index (κ3) is 3.20. The van der Waals surface area contributed by atoms with Gasteiger partial charge in [0.25, 0.3) is 0 Å². The van der Waals surface area contributed by atoms with Gasteiger partial charge in [-0.05, 0) is 30.2 Å². The number of alkyl halides is 1. The standard InChI is InChI=1S/C14H12ClF2NO/c1-2-10-6-9(8-15)7-13(18-10)19-12-5-3-4-11(16)14(12)17/h3-7H,2,8H2,1H3. The summed E-state index contributed by atoms with van der Waals surface area (Å²) in [5.41, 5.74) is 1.60. The lowest BCUT2D eigenvalue weighted by molar-refractivity contribution is 0.404. The maximum Gasteiger partial charge on any atom is 0.219 e. The minimum Gasteiger partial charge on any atom is -0.436 e. The Bertz CT molecular complexity index is 567. The van der Waals surface area contributed by atoms with E-state index in [1.54, 1.807) is 6.07 Å². The zero-order valence-electron chi connectivity index (χ0n) is 10.3. The number of hydrogen-bond donors (Lipinski definition) is 0. The molecule has 1 aromatic heterocycles. The van der Waals surface area contributed by atoms with Crippen LogP contribution in [-0.4, -0.2) is 4.98 Å². The van der Waals surface area contributed by atoms with Crippen molar-refractivity contribution in [1.82, 2.24) is 4.98 Å². The zero-order chi connectivity index (χ0) is 13.8. The van der Waals surface area contributed by atoms with Crippen molar-refractivity contribution in [2.75, 3.05) is 0 Å². The lowest BCUT2D eigenvalue weighted by Crippen LogP contribution is -1.97. The molecule has 5 heteroatoms. The lowest BCUT2D eigenvalue weighted by atomic mass is 10.2.